The van der Waals surface area contributed by atoms with Crippen molar-refractivity contribution in [3.05, 3.63) is 30.0 Å². The number of hydrogen-bond acceptors (Lipinski definition) is 3. The van der Waals surface area contributed by atoms with Crippen molar-refractivity contribution in [1.29, 1.82) is 0 Å². The lowest BCUT2D eigenvalue weighted by Crippen LogP contribution is -2.57. The number of amides is 1. The van der Waals surface area contributed by atoms with Gasteiger partial charge in [-0.15, -0.1) is 0 Å². The topological polar surface area (TPSA) is 71.2 Å². The van der Waals surface area contributed by atoms with Crippen LogP contribution < -0.4 is 5.32 Å². The van der Waals surface area contributed by atoms with Crippen LogP contribution in [0.1, 0.15) is 49.0 Å². The van der Waals surface area contributed by atoms with E-state index in [0.717, 1.165) is 30.2 Å². The SMILES string of the molecule is COC(=O)c1[nH]c2ccccc2c1NC(=O)C12C[C@H]3C[C@@H](CC(Br)(C3)C1)C2. The summed E-state index contributed by atoms with van der Waals surface area (Å²) in [5.74, 6) is 0.832. The Bertz CT molecular complexity index is 936. The molecule has 4 saturated carbocycles. The number of hydrogen-bond donors (Lipinski definition) is 2. The number of rotatable bonds is 3. The van der Waals surface area contributed by atoms with Crippen LogP contribution >= 0.6 is 15.9 Å². The molecule has 1 heterocycles. The van der Waals surface area contributed by atoms with E-state index < -0.39 is 5.97 Å². The number of H-pyrrole nitrogens is 1. The summed E-state index contributed by atoms with van der Waals surface area (Å²) >= 11 is 3.97. The number of aromatic nitrogens is 1. The van der Waals surface area contributed by atoms with Gasteiger partial charge in [-0.05, 0) is 56.4 Å². The molecule has 5 nitrogen and oxygen atoms in total. The molecule has 0 spiro atoms. The molecule has 6 heteroatoms. The molecule has 0 unspecified atom stereocenters. The Morgan fingerprint density at radius 1 is 1.19 bits per heavy atom. The van der Waals surface area contributed by atoms with Gasteiger partial charge < -0.3 is 15.0 Å². The highest BCUT2D eigenvalue weighted by Gasteiger charge is 2.59. The Hall–Kier alpha value is -1.82. The van der Waals surface area contributed by atoms with E-state index in [4.69, 9.17) is 4.74 Å². The highest BCUT2D eigenvalue weighted by Crippen LogP contribution is 2.64. The minimum Gasteiger partial charge on any atom is -0.464 e. The normalized spacial score (nSPS) is 34.0. The lowest BCUT2D eigenvalue weighted by Gasteiger charge is -2.59. The average Bonchev–Trinajstić information content (AvgIpc) is 2.97. The molecule has 4 bridgehead atoms. The largest absolute Gasteiger partial charge is 0.464 e. The Kier molecular flexibility index (Phi) is 3.74. The quantitative estimate of drug-likeness (QED) is 0.550. The summed E-state index contributed by atoms with van der Waals surface area (Å²) in [6.45, 7) is 0. The number of anilines is 1. The zero-order chi connectivity index (χ0) is 18.8. The van der Waals surface area contributed by atoms with Crippen LogP contribution in [0.4, 0.5) is 5.69 Å². The molecule has 2 atom stereocenters. The van der Waals surface area contributed by atoms with Crippen LogP contribution in [0, 0.1) is 17.3 Å². The van der Waals surface area contributed by atoms with Crippen LogP contribution in [-0.2, 0) is 9.53 Å². The zero-order valence-corrected chi connectivity index (χ0v) is 16.9. The Labute approximate surface area is 166 Å². The maximum Gasteiger partial charge on any atom is 0.356 e. The van der Waals surface area contributed by atoms with Gasteiger partial charge >= 0.3 is 5.97 Å². The van der Waals surface area contributed by atoms with E-state index in [1.54, 1.807) is 0 Å². The lowest BCUT2D eigenvalue weighted by molar-refractivity contribution is -0.138. The van der Waals surface area contributed by atoms with Crippen LogP contribution in [0.15, 0.2) is 24.3 Å². The summed E-state index contributed by atoms with van der Waals surface area (Å²) < 4.78 is 5.04. The molecule has 27 heavy (non-hydrogen) atoms. The third kappa shape index (κ3) is 2.64. The molecule has 1 amide bonds. The third-order valence-electron chi connectivity index (χ3n) is 6.81. The van der Waals surface area contributed by atoms with E-state index >= 15 is 0 Å². The second-order valence-electron chi connectivity index (χ2n) is 8.76. The molecule has 2 aromatic rings. The van der Waals surface area contributed by atoms with Crippen molar-refractivity contribution >= 4 is 44.4 Å². The van der Waals surface area contributed by atoms with Crippen LogP contribution in [0.5, 0.6) is 0 Å². The predicted octanol–water partition coefficient (Wildman–Crippen LogP) is 4.63. The van der Waals surface area contributed by atoms with Gasteiger partial charge in [-0.1, -0.05) is 34.1 Å². The summed E-state index contributed by atoms with van der Waals surface area (Å²) in [6, 6.07) is 7.62. The summed E-state index contributed by atoms with van der Waals surface area (Å²) in [5.41, 5.74) is 1.34. The van der Waals surface area contributed by atoms with E-state index in [1.165, 1.54) is 26.4 Å². The minimum absolute atomic E-state index is 0.0512. The monoisotopic (exact) mass is 430 g/mol. The van der Waals surface area contributed by atoms with E-state index in [0.29, 0.717) is 23.2 Å². The maximum absolute atomic E-state index is 13.5. The number of benzene rings is 1. The van der Waals surface area contributed by atoms with E-state index in [2.05, 4.69) is 26.2 Å². The van der Waals surface area contributed by atoms with Gasteiger partial charge in [-0.3, -0.25) is 4.79 Å². The smallest absolute Gasteiger partial charge is 0.356 e. The van der Waals surface area contributed by atoms with Gasteiger partial charge in [0.2, 0.25) is 5.91 Å². The second kappa shape index (κ2) is 5.84. The fraction of sp³-hybridized carbons (Fsp3) is 0.524. The molecule has 0 aliphatic heterocycles. The number of alkyl halides is 1. The molecule has 1 aromatic heterocycles. The van der Waals surface area contributed by atoms with Crippen LogP contribution in [0.25, 0.3) is 10.9 Å². The first-order valence-corrected chi connectivity index (χ1v) is 10.4. The number of nitrogens with one attached hydrogen (secondary N) is 2. The van der Waals surface area contributed by atoms with Gasteiger partial charge in [-0.25, -0.2) is 4.79 Å². The zero-order valence-electron chi connectivity index (χ0n) is 15.3. The number of para-hydroxylation sites is 1. The van der Waals surface area contributed by atoms with Gasteiger partial charge in [0.1, 0.15) is 5.69 Å². The molecule has 142 valence electrons. The Balaban J connectivity index is 1.52. The molecule has 4 fully saturated rings. The standard InChI is InChI=1S/C21H23BrN2O3/c1-27-18(25)17-16(14-4-2-3-5-15(14)23-17)24-19(26)20-7-12-6-13(8-20)10-21(22,9-12)11-20/h2-5,12-13,23H,6-11H2,1H3,(H,24,26)/t12-,13-,20?,21?/m1/s1. The Morgan fingerprint density at radius 3 is 2.56 bits per heavy atom. The predicted molar refractivity (Wildman–Crippen MR) is 107 cm³/mol. The number of carbonyl (C=O) groups is 2. The van der Waals surface area contributed by atoms with E-state index in [9.17, 15) is 9.59 Å². The fourth-order valence-corrected chi connectivity index (χ4v) is 7.64. The summed E-state index contributed by atoms with van der Waals surface area (Å²) in [4.78, 5) is 28.9. The summed E-state index contributed by atoms with van der Waals surface area (Å²) in [5, 5.41) is 3.97. The van der Waals surface area contributed by atoms with E-state index in [1.807, 2.05) is 24.3 Å². The van der Waals surface area contributed by atoms with Crippen molar-refractivity contribution in [2.24, 2.45) is 17.3 Å². The van der Waals surface area contributed by atoms with E-state index in [-0.39, 0.29) is 15.6 Å². The second-order valence-corrected chi connectivity index (χ2v) is 10.4. The van der Waals surface area contributed by atoms with Crippen molar-refractivity contribution < 1.29 is 14.3 Å². The maximum atomic E-state index is 13.5. The van der Waals surface area contributed by atoms with Crippen molar-refractivity contribution in [2.45, 2.75) is 42.8 Å². The molecule has 6 rings (SSSR count). The number of carbonyl (C=O) groups excluding carboxylic acids is 2. The highest BCUT2D eigenvalue weighted by molar-refractivity contribution is 9.10. The fourth-order valence-electron chi connectivity index (χ4n) is 6.19. The highest BCUT2D eigenvalue weighted by atomic mass is 79.9. The minimum atomic E-state index is -0.469. The Morgan fingerprint density at radius 2 is 1.89 bits per heavy atom. The van der Waals surface area contributed by atoms with Gasteiger partial charge in [0.25, 0.3) is 0 Å². The van der Waals surface area contributed by atoms with Gasteiger partial charge in [0.05, 0.1) is 18.2 Å². The first kappa shape index (κ1) is 17.3. The molecule has 4 aliphatic carbocycles. The summed E-state index contributed by atoms with van der Waals surface area (Å²) in [6.07, 6.45) is 6.41. The molecule has 1 aromatic carbocycles. The number of esters is 1. The number of aromatic amines is 1. The van der Waals surface area contributed by atoms with Crippen LogP contribution in [-0.4, -0.2) is 28.3 Å². The molecule has 4 aliphatic rings. The molecule has 0 radical (unpaired) electrons. The molecular formula is C21H23BrN2O3. The number of fused-ring (bicyclic) bond motifs is 1. The van der Waals surface area contributed by atoms with Crippen molar-refractivity contribution in [3.8, 4) is 0 Å². The van der Waals surface area contributed by atoms with Gasteiger partial charge in [0.15, 0.2) is 0 Å². The van der Waals surface area contributed by atoms with Gasteiger partial charge in [0, 0.05) is 15.2 Å². The number of halogens is 1. The van der Waals surface area contributed by atoms with Crippen molar-refractivity contribution in [1.82, 2.24) is 4.98 Å². The lowest BCUT2D eigenvalue weighted by atomic mass is 9.49. The number of ether oxygens (including phenoxy) is 1. The summed E-state index contributed by atoms with van der Waals surface area (Å²) in [7, 11) is 1.35. The van der Waals surface area contributed by atoms with Crippen molar-refractivity contribution in [3.63, 3.8) is 0 Å². The molecule has 0 saturated heterocycles. The van der Waals surface area contributed by atoms with Crippen molar-refractivity contribution in [2.75, 3.05) is 12.4 Å². The first-order valence-electron chi connectivity index (χ1n) is 9.61. The van der Waals surface area contributed by atoms with Crippen LogP contribution in [0.2, 0.25) is 0 Å². The number of methoxy groups -OCH3 is 1. The average molecular weight is 431 g/mol. The van der Waals surface area contributed by atoms with Gasteiger partial charge in [-0.2, -0.15) is 0 Å². The molecular weight excluding hydrogens is 408 g/mol. The van der Waals surface area contributed by atoms with Crippen LogP contribution in [0.3, 0.4) is 0 Å². The third-order valence-corrected chi connectivity index (χ3v) is 7.73. The molecule has 2 N–H and O–H groups in total. The first-order chi connectivity index (χ1) is 12.9.